The van der Waals surface area contributed by atoms with Crippen molar-refractivity contribution in [3.63, 3.8) is 0 Å². The first kappa shape index (κ1) is 20.6. The fraction of sp³-hybridized carbons (Fsp3) is 0.478. The molecule has 1 aromatic carbocycles. The van der Waals surface area contributed by atoms with E-state index in [4.69, 9.17) is 0 Å². The van der Waals surface area contributed by atoms with Gasteiger partial charge >= 0.3 is 0 Å². The van der Waals surface area contributed by atoms with E-state index < -0.39 is 5.67 Å². The maximum Gasteiger partial charge on any atom is 0.118 e. The van der Waals surface area contributed by atoms with E-state index >= 15 is 0 Å². The van der Waals surface area contributed by atoms with Gasteiger partial charge in [-0.1, -0.05) is 12.6 Å². The molecular weight excluding hydrogens is 379 g/mol. The largest absolute Gasteiger partial charge is 0.381 e. The summed E-state index contributed by atoms with van der Waals surface area (Å²) in [4.78, 5) is 2.20. The SMILES string of the molecule is C=C(NC1CCN(CC(C)(C)F)CC1)c1n[nH]c2ccc(-c3cnn(CC)c3)cc12. The van der Waals surface area contributed by atoms with Gasteiger partial charge in [-0.2, -0.15) is 10.2 Å². The van der Waals surface area contributed by atoms with Crippen LogP contribution in [0.5, 0.6) is 0 Å². The molecule has 0 saturated carbocycles. The summed E-state index contributed by atoms with van der Waals surface area (Å²) in [6.07, 6.45) is 5.89. The fourth-order valence-corrected chi connectivity index (χ4v) is 4.19. The molecule has 0 amide bonds. The molecular formula is C23H31FN6. The molecule has 160 valence electrons. The van der Waals surface area contributed by atoms with Crippen LogP contribution in [0.4, 0.5) is 4.39 Å². The van der Waals surface area contributed by atoms with Crippen LogP contribution in [0.1, 0.15) is 39.3 Å². The first-order chi connectivity index (χ1) is 14.3. The summed E-state index contributed by atoms with van der Waals surface area (Å²) in [7, 11) is 0. The van der Waals surface area contributed by atoms with Crippen molar-refractivity contribution in [3.05, 3.63) is 42.9 Å². The summed E-state index contributed by atoms with van der Waals surface area (Å²) in [5.74, 6) is 0. The van der Waals surface area contributed by atoms with Crippen LogP contribution in [0, 0.1) is 0 Å². The van der Waals surface area contributed by atoms with Crippen LogP contribution in [0.15, 0.2) is 37.2 Å². The summed E-state index contributed by atoms with van der Waals surface area (Å²) in [5, 5.41) is 16.6. The summed E-state index contributed by atoms with van der Waals surface area (Å²) in [6, 6.07) is 6.60. The van der Waals surface area contributed by atoms with Crippen LogP contribution in [-0.2, 0) is 6.54 Å². The maximum absolute atomic E-state index is 13.9. The lowest BCUT2D eigenvalue weighted by molar-refractivity contribution is 0.104. The van der Waals surface area contributed by atoms with Gasteiger partial charge in [0.1, 0.15) is 11.4 Å². The van der Waals surface area contributed by atoms with Crippen LogP contribution in [0.25, 0.3) is 27.7 Å². The van der Waals surface area contributed by atoms with Crippen molar-refractivity contribution in [1.82, 2.24) is 30.2 Å². The monoisotopic (exact) mass is 410 g/mol. The third-order valence-corrected chi connectivity index (χ3v) is 5.70. The van der Waals surface area contributed by atoms with Crippen molar-refractivity contribution in [3.8, 4) is 11.1 Å². The highest BCUT2D eigenvalue weighted by atomic mass is 19.1. The number of halogens is 1. The molecule has 0 bridgehead atoms. The Morgan fingerprint density at radius 1 is 1.30 bits per heavy atom. The van der Waals surface area contributed by atoms with Gasteiger partial charge in [-0.3, -0.25) is 9.78 Å². The summed E-state index contributed by atoms with van der Waals surface area (Å²) >= 11 is 0. The number of hydrogen-bond donors (Lipinski definition) is 2. The lowest BCUT2D eigenvalue weighted by Gasteiger charge is -2.35. The quantitative estimate of drug-likeness (QED) is 0.612. The number of aryl methyl sites for hydroxylation is 1. The highest BCUT2D eigenvalue weighted by Crippen LogP contribution is 2.28. The van der Waals surface area contributed by atoms with Crippen LogP contribution < -0.4 is 5.32 Å². The lowest BCUT2D eigenvalue weighted by atomic mass is 10.0. The molecule has 3 aromatic rings. The molecule has 7 heteroatoms. The van der Waals surface area contributed by atoms with E-state index in [1.807, 2.05) is 10.9 Å². The molecule has 0 aliphatic carbocycles. The Hall–Kier alpha value is -2.67. The molecule has 4 rings (SSSR count). The van der Waals surface area contributed by atoms with E-state index in [1.165, 1.54) is 0 Å². The number of H-pyrrole nitrogens is 1. The highest BCUT2D eigenvalue weighted by molar-refractivity contribution is 5.92. The number of alkyl halides is 1. The predicted molar refractivity (Wildman–Crippen MR) is 120 cm³/mol. The van der Waals surface area contributed by atoms with E-state index in [0.29, 0.717) is 12.6 Å². The average Bonchev–Trinajstić information content (AvgIpc) is 3.34. The highest BCUT2D eigenvalue weighted by Gasteiger charge is 2.25. The van der Waals surface area contributed by atoms with Gasteiger partial charge in [0.2, 0.25) is 0 Å². The Kier molecular flexibility index (Phi) is 5.64. The smallest absolute Gasteiger partial charge is 0.118 e. The molecule has 1 saturated heterocycles. The Balaban J connectivity index is 1.45. The predicted octanol–water partition coefficient (Wildman–Crippen LogP) is 4.22. The van der Waals surface area contributed by atoms with Gasteiger partial charge in [-0.15, -0.1) is 0 Å². The summed E-state index contributed by atoms with van der Waals surface area (Å²) in [6.45, 7) is 12.7. The summed E-state index contributed by atoms with van der Waals surface area (Å²) in [5.41, 5.74) is 3.71. The minimum atomic E-state index is -1.15. The zero-order valence-corrected chi connectivity index (χ0v) is 18.1. The zero-order valence-electron chi connectivity index (χ0n) is 18.1. The van der Waals surface area contributed by atoms with Crippen molar-refractivity contribution in [1.29, 1.82) is 0 Å². The molecule has 1 aliphatic heterocycles. The number of piperidine rings is 1. The molecule has 0 atom stereocenters. The Labute approximate surface area is 177 Å². The number of benzene rings is 1. The number of hydrogen-bond acceptors (Lipinski definition) is 4. The van der Waals surface area contributed by atoms with Crippen LogP contribution in [0.3, 0.4) is 0 Å². The van der Waals surface area contributed by atoms with Crippen molar-refractivity contribution in [2.75, 3.05) is 19.6 Å². The van der Waals surface area contributed by atoms with Gasteiger partial charge in [0, 0.05) is 49.4 Å². The first-order valence-corrected chi connectivity index (χ1v) is 10.7. The fourth-order valence-electron chi connectivity index (χ4n) is 4.19. The van der Waals surface area contributed by atoms with E-state index in [-0.39, 0.29) is 0 Å². The molecule has 30 heavy (non-hydrogen) atoms. The first-order valence-electron chi connectivity index (χ1n) is 10.7. The van der Waals surface area contributed by atoms with E-state index in [1.54, 1.807) is 13.8 Å². The normalized spacial score (nSPS) is 16.3. The number of rotatable bonds is 7. The summed E-state index contributed by atoms with van der Waals surface area (Å²) < 4.78 is 15.8. The number of nitrogens with one attached hydrogen (secondary N) is 2. The Bertz CT molecular complexity index is 1020. The number of fused-ring (bicyclic) bond motifs is 1. The second-order valence-electron chi connectivity index (χ2n) is 8.81. The number of aromatic nitrogens is 4. The van der Waals surface area contributed by atoms with Crippen molar-refractivity contribution >= 4 is 16.6 Å². The third-order valence-electron chi connectivity index (χ3n) is 5.70. The van der Waals surface area contributed by atoms with Gasteiger partial charge < -0.3 is 10.2 Å². The molecule has 2 aromatic heterocycles. The molecule has 0 unspecified atom stereocenters. The van der Waals surface area contributed by atoms with Crippen molar-refractivity contribution < 1.29 is 4.39 Å². The van der Waals surface area contributed by atoms with Gasteiger partial charge in [0.25, 0.3) is 0 Å². The van der Waals surface area contributed by atoms with E-state index in [2.05, 4.69) is 63.4 Å². The molecule has 1 aliphatic rings. The second kappa shape index (κ2) is 8.22. The minimum absolute atomic E-state index is 0.328. The van der Waals surface area contributed by atoms with Gasteiger partial charge in [-0.05, 0) is 51.3 Å². The molecule has 1 fully saturated rings. The topological polar surface area (TPSA) is 61.8 Å². The molecule has 6 nitrogen and oxygen atoms in total. The zero-order chi connectivity index (χ0) is 21.3. The molecule has 3 heterocycles. The standard InChI is InChI=1S/C23H31FN6/c1-5-30-14-18(13-25-30)17-6-7-21-20(12-17)22(28-27-21)16(2)26-19-8-10-29(11-9-19)15-23(3,4)24/h6-7,12-14,19,26H,2,5,8-11,15H2,1,3-4H3,(H,27,28). The number of aromatic amines is 1. The van der Waals surface area contributed by atoms with Gasteiger partial charge in [0.05, 0.1) is 17.4 Å². The Morgan fingerprint density at radius 2 is 2.07 bits per heavy atom. The van der Waals surface area contributed by atoms with Gasteiger partial charge in [0.15, 0.2) is 0 Å². The number of likely N-dealkylation sites (tertiary alicyclic amines) is 1. The van der Waals surface area contributed by atoms with Gasteiger partial charge in [-0.25, -0.2) is 4.39 Å². The van der Waals surface area contributed by atoms with Crippen molar-refractivity contribution in [2.45, 2.75) is 51.9 Å². The molecule has 2 N–H and O–H groups in total. The molecule has 0 radical (unpaired) electrons. The molecule has 0 spiro atoms. The van der Waals surface area contributed by atoms with Crippen molar-refractivity contribution in [2.24, 2.45) is 0 Å². The van der Waals surface area contributed by atoms with Crippen LogP contribution in [-0.4, -0.2) is 56.2 Å². The minimum Gasteiger partial charge on any atom is -0.381 e. The number of nitrogens with zero attached hydrogens (tertiary/aromatic N) is 4. The van der Waals surface area contributed by atoms with Crippen LogP contribution >= 0.6 is 0 Å². The van der Waals surface area contributed by atoms with E-state index in [0.717, 1.165) is 65.9 Å². The second-order valence-corrected chi connectivity index (χ2v) is 8.81. The van der Waals surface area contributed by atoms with Crippen LogP contribution in [0.2, 0.25) is 0 Å². The average molecular weight is 411 g/mol. The van der Waals surface area contributed by atoms with E-state index in [9.17, 15) is 4.39 Å². The lowest BCUT2D eigenvalue weighted by Crippen LogP contribution is -2.45. The third kappa shape index (κ3) is 4.56. The maximum atomic E-state index is 13.9. The Morgan fingerprint density at radius 3 is 2.73 bits per heavy atom.